The number of piperazine rings is 1. The summed E-state index contributed by atoms with van der Waals surface area (Å²) in [7, 11) is -3.08. The van der Waals surface area contributed by atoms with Crippen LogP contribution in [0.1, 0.15) is 32.1 Å². The van der Waals surface area contributed by atoms with E-state index >= 15 is 0 Å². The van der Waals surface area contributed by atoms with Crippen LogP contribution in [0.2, 0.25) is 0 Å². The Morgan fingerprint density at radius 3 is 2.43 bits per heavy atom. The summed E-state index contributed by atoms with van der Waals surface area (Å²) in [5.74, 6) is -0.165. The third kappa shape index (κ3) is 3.26. The normalized spacial score (nSPS) is 33.9. The molecule has 3 aliphatic rings. The molecule has 0 aromatic rings. The molecule has 2 atom stereocenters. The highest BCUT2D eigenvalue weighted by Gasteiger charge is 2.52. The molecule has 2 N–H and O–H groups in total. The quantitative estimate of drug-likeness (QED) is 0.722. The van der Waals surface area contributed by atoms with Gasteiger partial charge in [0.05, 0.1) is 6.26 Å². The first-order valence-corrected chi connectivity index (χ1v) is 10.4. The van der Waals surface area contributed by atoms with Gasteiger partial charge in [0, 0.05) is 45.3 Å². The summed E-state index contributed by atoms with van der Waals surface area (Å²) in [6.07, 6.45) is 6.39. The van der Waals surface area contributed by atoms with Gasteiger partial charge in [0.2, 0.25) is 15.9 Å². The Bertz CT molecular complexity index is 555. The Kier molecular flexibility index (Phi) is 4.70. The number of nitrogens with zero attached hydrogens (tertiary/aromatic N) is 3. The molecule has 0 spiro atoms. The highest BCUT2D eigenvalue weighted by Crippen LogP contribution is 2.43. The molecular weight excluding hydrogens is 316 g/mol. The van der Waals surface area contributed by atoms with Crippen molar-refractivity contribution in [1.82, 2.24) is 14.1 Å². The van der Waals surface area contributed by atoms with Gasteiger partial charge in [-0.05, 0) is 32.1 Å². The van der Waals surface area contributed by atoms with E-state index in [-0.39, 0.29) is 5.91 Å². The van der Waals surface area contributed by atoms with Gasteiger partial charge in [0.25, 0.3) is 0 Å². The van der Waals surface area contributed by atoms with Crippen molar-refractivity contribution in [2.45, 2.75) is 43.7 Å². The summed E-state index contributed by atoms with van der Waals surface area (Å²) < 4.78 is 24.7. The number of hydrogen-bond acceptors (Lipinski definition) is 5. The molecule has 0 aromatic heterocycles. The van der Waals surface area contributed by atoms with Crippen molar-refractivity contribution in [1.29, 1.82) is 0 Å². The number of hydrogen-bond donors (Lipinski definition) is 1. The SMILES string of the molecule is CS(=O)(=O)N1CCN(CCN2[C@@H]3CCC[C@@]2(C(N)=O)CC3)CC1. The first-order chi connectivity index (χ1) is 10.8. The van der Waals surface area contributed by atoms with Gasteiger partial charge in [-0.1, -0.05) is 0 Å². The Labute approximate surface area is 138 Å². The van der Waals surface area contributed by atoms with Gasteiger partial charge in [0.15, 0.2) is 0 Å². The monoisotopic (exact) mass is 344 g/mol. The molecular formula is C15H28N4O3S. The van der Waals surface area contributed by atoms with Crippen molar-refractivity contribution in [3.63, 3.8) is 0 Å². The van der Waals surface area contributed by atoms with Crippen LogP contribution < -0.4 is 5.73 Å². The smallest absolute Gasteiger partial charge is 0.237 e. The number of carbonyl (C=O) groups excluding carboxylic acids is 1. The molecule has 0 saturated carbocycles. The van der Waals surface area contributed by atoms with Crippen LogP contribution in [0, 0.1) is 0 Å². The van der Waals surface area contributed by atoms with Crippen molar-refractivity contribution < 1.29 is 13.2 Å². The maximum atomic E-state index is 12.0. The summed E-state index contributed by atoms with van der Waals surface area (Å²) in [6.45, 7) is 4.37. The number of rotatable bonds is 5. The van der Waals surface area contributed by atoms with E-state index in [0.29, 0.717) is 19.1 Å². The summed E-state index contributed by atoms with van der Waals surface area (Å²) in [5, 5.41) is 0. The van der Waals surface area contributed by atoms with Crippen LogP contribution in [-0.2, 0) is 14.8 Å². The van der Waals surface area contributed by atoms with E-state index in [0.717, 1.165) is 58.3 Å². The van der Waals surface area contributed by atoms with Crippen molar-refractivity contribution in [3.8, 4) is 0 Å². The third-order valence-corrected chi connectivity index (χ3v) is 7.23. The Hall–Kier alpha value is -0.700. The minimum Gasteiger partial charge on any atom is -0.368 e. The van der Waals surface area contributed by atoms with E-state index in [2.05, 4.69) is 9.80 Å². The lowest BCUT2D eigenvalue weighted by Crippen LogP contribution is -2.60. The summed E-state index contributed by atoms with van der Waals surface area (Å²) >= 11 is 0. The van der Waals surface area contributed by atoms with Crippen molar-refractivity contribution in [3.05, 3.63) is 0 Å². The first-order valence-electron chi connectivity index (χ1n) is 8.57. The Morgan fingerprint density at radius 2 is 1.83 bits per heavy atom. The molecule has 3 aliphatic heterocycles. The molecule has 0 radical (unpaired) electrons. The second-order valence-corrected chi connectivity index (χ2v) is 9.16. The molecule has 0 aliphatic carbocycles. The van der Waals surface area contributed by atoms with Crippen LogP contribution in [0.15, 0.2) is 0 Å². The zero-order valence-electron chi connectivity index (χ0n) is 13.9. The van der Waals surface area contributed by atoms with E-state index in [1.165, 1.54) is 6.26 Å². The number of nitrogens with two attached hydrogens (primary N) is 1. The van der Waals surface area contributed by atoms with E-state index in [4.69, 9.17) is 5.73 Å². The number of primary amides is 1. The minimum atomic E-state index is -3.08. The Balaban J connectivity index is 1.56. The average molecular weight is 344 g/mol. The van der Waals surface area contributed by atoms with Crippen LogP contribution in [-0.4, -0.2) is 85.5 Å². The van der Waals surface area contributed by atoms with Gasteiger partial charge < -0.3 is 5.73 Å². The summed E-state index contributed by atoms with van der Waals surface area (Å²) in [6, 6.07) is 0.494. The molecule has 3 saturated heterocycles. The fourth-order valence-electron chi connectivity index (χ4n) is 4.57. The minimum absolute atomic E-state index is 0.165. The molecule has 132 valence electrons. The maximum absolute atomic E-state index is 12.0. The van der Waals surface area contributed by atoms with Crippen molar-refractivity contribution >= 4 is 15.9 Å². The number of amides is 1. The highest BCUT2D eigenvalue weighted by molar-refractivity contribution is 7.88. The lowest BCUT2D eigenvalue weighted by molar-refractivity contribution is -0.131. The molecule has 7 nitrogen and oxygen atoms in total. The lowest BCUT2D eigenvalue weighted by Gasteiger charge is -2.44. The molecule has 8 heteroatoms. The van der Waals surface area contributed by atoms with Crippen molar-refractivity contribution in [2.75, 3.05) is 45.5 Å². The van der Waals surface area contributed by atoms with Crippen LogP contribution in [0.5, 0.6) is 0 Å². The van der Waals surface area contributed by atoms with Crippen molar-refractivity contribution in [2.24, 2.45) is 5.73 Å². The van der Waals surface area contributed by atoms with Crippen LogP contribution >= 0.6 is 0 Å². The first kappa shape index (κ1) is 17.1. The van der Waals surface area contributed by atoms with Gasteiger partial charge in [-0.25, -0.2) is 8.42 Å². The standard InChI is InChI=1S/C15H28N4O3S/c1-23(21,22)18-10-7-17(8-11-18)9-12-19-13-3-2-5-15(19,6-4-13)14(16)20/h13H,2-12H2,1H3,(H2,16,20)/t13-,15+/m1/s1. The number of fused-ring (bicyclic) bond motifs is 2. The molecule has 3 fully saturated rings. The zero-order chi connectivity index (χ0) is 16.7. The second kappa shape index (κ2) is 6.31. The molecule has 3 heterocycles. The predicted octanol–water partition coefficient (Wildman–Crippen LogP) is -0.564. The molecule has 2 bridgehead atoms. The van der Waals surface area contributed by atoms with Gasteiger partial charge in [-0.2, -0.15) is 4.31 Å². The zero-order valence-corrected chi connectivity index (χ0v) is 14.7. The second-order valence-electron chi connectivity index (χ2n) is 7.18. The fourth-order valence-corrected chi connectivity index (χ4v) is 5.40. The topological polar surface area (TPSA) is 87.0 Å². The third-order valence-electron chi connectivity index (χ3n) is 5.93. The molecule has 0 aromatic carbocycles. The van der Waals surface area contributed by atoms with Crippen LogP contribution in [0.25, 0.3) is 0 Å². The predicted molar refractivity (Wildman–Crippen MR) is 88.4 cm³/mol. The van der Waals surface area contributed by atoms with Gasteiger partial charge in [0.1, 0.15) is 5.54 Å². The number of piperidine rings is 1. The highest BCUT2D eigenvalue weighted by atomic mass is 32.2. The van der Waals surface area contributed by atoms with Crippen LogP contribution in [0.4, 0.5) is 0 Å². The van der Waals surface area contributed by atoms with Crippen LogP contribution in [0.3, 0.4) is 0 Å². The number of carbonyl (C=O) groups is 1. The van der Waals surface area contributed by atoms with E-state index in [9.17, 15) is 13.2 Å². The van der Waals surface area contributed by atoms with Gasteiger partial charge in [-0.15, -0.1) is 0 Å². The van der Waals surface area contributed by atoms with Gasteiger partial charge in [-0.3, -0.25) is 14.6 Å². The molecule has 1 amide bonds. The maximum Gasteiger partial charge on any atom is 0.237 e. The van der Waals surface area contributed by atoms with Gasteiger partial charge >= 0.3 is 0 Å². The fraction of sp³-hybridized carbons (Fsp3) is 0.933. The molecule has 3 rings (SSSR count). The average Bonchev–Trinajstić information content (AvgIpc) is 2.70. The van der Waals surface area contributed by atoms with E-state index < -0.39 is 15.6 Å². The van der Waals surface area contributed by atoms with E-state index in [1.807, 2.05) is 0 Å². The molecule has 23 heavy (non-hydrogen) atoms. The lowest BCUT2D eigenvalue weighted by atomic mass is 9.87. The Morgan fingerprint density at radius 1 is 1.13 bits per heavy atom. The molecule has 0 unspecified atom stereocenters. The summed E-state index contributed by atoms with van der Waals surface area (Å²) in [4.78, 5) is 16.7. The van der Waals surface area contributed by atoms with E-state index in [1.54, 1.807) is 4.31 Å². The summed E-state index contributed by atoms with van der Waals surface area (Å²) in [5.41, 5.74) is 5.32. The number of sulfonamides is 1. The largest absolute Gasteiger partial charge is 0.368 e.